The molecule has 3 atom stereocenters. The number of furan rings is 1. The highest BCUT2D eigenvalue weighted by Gasteiger charge is 2.34. The van der Waals surface area contributed by atoms with Crippen LogP contribution in [0.1, 0.15) is 25.5 Å². The molecule has 0 unspecified atom stereocenters. The molecule has 0 aliphatic heterocycles. The molecule has 0 radical (unpaired) electrons. The number of hydrogen-bond acceptors (Lipinski definition) is 8. The van der Waals surface area contributed by atoms with Gasteiger partial charge < -0.3 is 25.3 Å². The largest absolute Gasteiger partial charge is 0.454 e. The van der Waals surface area contributed by atoms with Crippen molar-refractivity contribution in [1.29, 1.82) is 0 Å². The number of anilines is 2. The Hall–Kier alpha value is -2.63. The number of aliphatic hydroxyl groups excluding tert-OH is 2. The molecule has 12 heteroatoms. The van der Waals surface area contributed by atoms with Crippen molar-refractivity contribution in [2.75, 3.05) is 23.8 Å². The molecular formula is C21H23ClF3N5O3. The van der Waals surface area contributed by atoms with E-state index < -0.39 is 18.8 Å². The minimum Gasteiger partial charge on any atom is -0.454 e. The van der Waals surface area contributed by atoms with Gasteiger partial charge in [0.15, 0.2) is 5.58 Å². The predicted molar refractivity (Wildman–Crippen MR) is 117 cm³/mol. The van der Waals surface area contributed by atoms with Crippen LogP contribution in [-0.2, 0) is 6.42 Å². The summed E-state index contributed by atoms with van der Waals surface area (Å²) in [5.41, 5.74) is 1.67. The average Bonchev–Trinajstić information content (AvgIpc) is 3.33. The quantitative estimate of drug-likeness (QED) is 0.371. The number of aryl methyl sites for hydroxylation is 1. The summed E-state index contributed by atoms with van der Waals surface area (Å²) in [4.78, 5) is 12.5. The highest BCUT2D eigenvalue weighted by Crippen LogP contribution is 2.39. The number of halogens is 4. The first kappa shape index (κ1) is 23.5. The highest BCUT2D eigenvalue weighted by molar-refractivity contribution is 6.32. The fourth-order valence-electron chi connectivity index (χ4n) is 3.93. The smallest absolute Gasteiger partial charge is 0.405 e. The SMILES string of the molecule is CCc1cc2cc(-c3c(Cl)nc(NCC(F)(F)F)nc3N[C@@H]3C[C@H](CO)[C@@H](O)C3)oc2cn1. The summed E-state index contributed by atoms with van der Waals surface area (Å²) in [6, 6.07) is 3.34. The first-order chi connectivity index (χ1) is 15.7. The number of nitrogens with zero attached hydrogens (tertiary/aromatic N) is 3. The van der Waals surface area contributed by atoms with Crippen molar-refractivity contribution in [3.63, 3.8) is 0 Å². The van der Waals surface area contributed by atoms with Gasteiger partial charge in [-0.3, -0.25) is 4.98 Å². The van der Waals surface area contributed by atoms with Gasteiger partial charge in [0.2, 0.25) is 5.95 Å². The molecular weight excluding hydrogens is 463 g/mol. The van der Waals surface area contributed by atoms with Crippen molar-refractivity contribution >= 4 is 34.3 Å². The molecule has 8 nitrogen and oxygen atoms in total. The van der Waals surface area contributed by atoms with Gasteiger partial charge in [0.1, 0.15) is 23.3 Å². The van der Waals surface area contributed by atoms with Crippen LogP contribution >= 0.6 is 11.6 Å². The molecule has 1 aliphatic carbocycles. The lowest BCUT2D eigenvalue weighted by molar-refractivity contribution is -0.115. The van der Waals surface area contributed by atoms with E-state index in [-0.39, 0.29) is 41.0 Å². The molecule has 178 valence electrons. The van der Waals surface area contributed by atoms with Gasteiger partial charge >= 0.3 is 6.18 Å². The summed E-state index contributed by atoms with van der Waals surface area (Å²) in [6.07, 6.45) is -2.05. The van der Waals surface area contributed by atoms with Gasteiger partial charge in [-0.25, -0.2) is 4.98 Å². The summed E-state index contributed by atoms with van der Waals surface area (Å²) in [7, 11) is 0. The number of nitrogens with one attached hydrogen (secondary N) is 2. The third kappa shape index (κ3) is 5.31. The molecule has 0 saturated heterocycles. The van der Waals surface area contributed by atoms with Crippen molar-refractivity contribution in [2.24, 2.45) is 5.92 Å². The number of rotatable bonds is 7. The number of fused-ring (bicyclic) bond motifs is 1. The Bertz CT molecular complexity index is 1140. The Balaban J connectivity index is 1.73. The van der Waals surface area contributed by atoms with Crippen LogP contribution in [0.25, 0.3) is 22.3 Å². The number of alkyl halides is 3. The zero-order valence-corrected chi connectivity index (χ0v) is 18.4. The summed E-state index contributed by atoms with van der Waals surface area (Å²) in [6.45, 7) is 0.475. The minimum atomic E-state index is -4.46. The van der Waals surface area contributed by atoms with Crippen LogP contribution in [0.4, 0.5) is 24.9 Å². The second-order valence-electron chi connectivity index (χ2n) is 8.03. The first-order valence-electron chi connectivity index (χ1n) is 10.5. The second-order valence-corrected chi connectivity index (χ2v) is 8.39. The lowest BCUT2D eigenvalue weighted by atomic mass is 10.1. The maximum absolute atomic E-state index is 12.7. The van der Waals surface area contributed by atoms with Crippen molar-refractivity contribution in [3.8, 4) is 11.3 Å². The van der Waals surface area contributed by atoms with E-state index in [2.05, 4.69) is 25.6 Å². The van der Waals surface area contributed by atoms with Crippen molar-refractivity contribution < 1.29 is 27.8 Å². The van der Waals surface area contributed by atoms with E-state index in [1.54, 1.807) is 12.3 Å². The van der Waals surface area contributed by atoms with Crippen LogP contribution in [0.3, 0.4) is 0 Å². The van der Waals surface area contributed by atoms with Gasteiger partial charge in [-0.15, -0.1) is 0 Å². The Morgan fingerprint density at radius 1 is 1.24 bits per heavy atom. The van der Waals surface area contributed by atoms with Crippen LogP contribution in [0.2, 0.25) is 5.15 Å². The van der Waals surface area contributed by atoms with Crippen LogP contribution in [0.5, 0.6) is 0 Å². The van der Waals surface area contributed by atoms with Gasteiger partial charge in [0, 0.05) is 29.6 Å². The molecule has 33 heavy (non-hydrogen) atoms. The van der Waals surface area contributed by atoms with E-state index in [1.807, 2.05) is 13.0 Å². The monoisotopic (exact) mass is 485 g/mol. The predicted octanol–water partition coefficient (Wildman–Crippen LogP) is 4.02. The molecule has 0 amide bonds. The Labute approximate surface area is 192 Å². The zero-order chi connectivity index (χ0) is 23.8. The Morgan fingerprint density at radius 3 is 2.70 bits per heavy atom. The van der Waals surface area contributed by atoms with Crippen molar-refractivity contribution in [2.45, 2.75) is 44.5 Å². The third-order valence-corrected chi connectivity index (χ3v) is 5.89. The normalized spacial score (nSPS) is 21.0. The maximum Gasteiger partial charge on any atom is 0.405 e. The van der Waals surface area contributed by atoms with Gasteiger partial charge in [-0.1, -0.05) is 18.5 Å². The van der Waals surface area contributed by atoms with Crippen LogP contribution in [0.15, 0.2) is 22.7 Å². The van der Waals surface area contributed by atoms with Gasteiger partial charge in [0.05, 0.1) is 17.9 Å². The third-order valence-electron chi connectivity index (χ3n) is 5.61. The first-order valence-corrected chi connectivity index (χ1v) is 10.9. The molecule has 4 rings (SSSR count). The van der Waals surface area contributed by atoms with E-state index in [4.69, 9.17) is 16.0 Å². The van der Waals surface area contributed by atoms with Gasteiger partial charge in [-0.05, 0) is 31.4 Å². The number of hydrogen-bond donors (Lipinski definition) is 4. The maximum atomic E-state index is 12.7. The molecule has 0 aromatic carbocycles. The van der Waals surface area contributed by atoms with E-state index in [0.717, 1.165) is 17.5 Å². The summed E-state index contributed by atoms with van der Waals surface area (Å²) >= 11 is 6.40. The molecule has 1 fully saturated rings. The van der Waals surface area contributed by atoms with E-state index in [1.165, 1.54) is 0 Å². The molecule has 3 aromatic rings. The van der Waals surface area contributed by atoms with Gasteiger partial charge in [-0.2, -0.15) is 18.2 Å². The summed E-state index contributed by atoms with van der Waals surface area (Å²) in [5.74, 6) is -0.118. The molecule has 0 bridgehead atoms. The molecule has 3 heterocycles. The number of aliphatic hydroxyl groups is 2. The van der Waals surface area contributed by atoms with Crippen molar-refractivity contribution in [3.05, 3.63) is 29.2 Å². The second kappa shape index (κ2) is 9.32. The standard InChI is InChI=1S/C21H23ClF3N5O3/c1-2-12-3-10-5-15(33-16(10)7-26-12)17-18(22)29-20(27-9-21(23,24)25)30-19(17)28-13-4-11(8-31)14(32)6-13/h3,5,7,11,13-14,31-32H,2,4,6,8-9H2,1H3,(H2,27,28,29,30)/t11-,13-,14+/m1/s1. The lowest BCUT2D eigenvalue weighted by Gasteiger charge is -2.18. The fraction of sp³-hybridized carbons (Fsp3) is 0.476. The van der Waals surface area contributed by atoms with E-state index in [9.17, 15) is 23.4 Å². The highest BCUT2D eigenvalue weighted by atomic mass is 35.5. The Kier molecular flexibility index (Phi) is 6.64. The van der Waals surface area contributed by atoms with Crippen LogP contribution in [0, 0.1) is 5.92 Å². The molecule has 4 N–H and O–H groups in total. The van der Waals surface area contributed by atoms with Crippen LogP contribution in [-0.4, -0.2) is 56.6 Å². The lowest BCUT2D eigenvalue weighted by Crippen LogP contribution is -2.23. The minimum absolute atomic E-state index is 0.0999. The molecule has 1 saturated carbocycles. The zero-order valence-electron chi connectivity index (χ0n) is 17.7. The fourth-order valence-corrected chi connectivity index (χ4v) is 4.20. The van der Waals surface area contributed by atoms with Gasteiger partial charge in [0.25, 0.3) is 0 Å². The summed E-state index contributed by atoms with van der Waals surface area (Å²) < 4.78 is 43.9. The molecule has 3 aromatic heterocycles. The Morgan fingerprint density at radius 2 is 2.03 bits per heavy atom. The molecule has 1 aliphatic rings. The average molecular weight is 486 g/mol. The topological polar surface area (TPSA) is 116 Å². The number of aromatic nitrogens is 3. The summed E-state index contributed by atoms with van der Waals surface area (Å²) in [5, 5.41) is 25.5. The van der Waals surface area contributed by atoms with E-state index >= 15 is 0 Å². The van der Waals surface area contributed by atoms with E-state index in [0.29, 0.717) is 24.2 Å². The van der Waals surface area contributed by atoms with Crippen molar-refractivity contribution in [1.82, 2.24) is 15.0 Å². The molecule has 0 spiro atoms. The van der Waals surface area contributed by atoms with Crippen LogP contribution < -0.4 is 10.6 Å². The number of pyridine rings is 1.